The van der Waals surface area contributed by atoms with E-state index < -0.39 is 0 Å². The van der Waals surface area contributed by atoms with Crippen LogP contribution in [0.5, 0.6) is 0 Å². The van der Waals surface area contributed by atoms with Crippen LogP contribution in [0.15, 0.2) is 24.3 Å². The summed E-state index contributed by atoms with van der Waals surface area (Å²) in [5.41, 5.74) is 2.58. The molecule has 1 saturated heterocycles. The van der Waals surface area contributed by atoms with Crippen molar-refractivity contribution in [3.63, 3.8) is 0 Å². The number of piperazine rings is 1. The molecule has 0 radical (unpaired) electrons. The monoisotopic (exact) mass is 275 g/mol. The van der Waals surface area contributed by atoms with Crippen LogP contribution in [-0.4, -0.2) is 43.7 Å². The van der Waals surface area contributed by atoms with Crippen molar-refractivity contribution in [2.24, 2.45) is 5.92 Å². The van der Waals surface area contributed by atoms with E-state index in [2.05, 4.69) is 67.1 Å². The lowest BCUT2D eigenvalue weighted by Crippen LogP contribution is -2.48. The summed E-state index contributed by atoms with van der Waals surface area (Å²) in [6.07, 6.45) is 0. The van der Waals surface area contributed by atoms with E-state index >= 15 is 0 Å². The van der Waals surface area contributed by atoms with E-state index in [1.54, 1.807) is 0 Å². The molecule has 2 rings (SSSR count). The fourth-order valence-corrected chi connectivity index (χ4v) is 2.61. The number of hydrogen-bond donors (Lipinski definition) is 1. The molecule has 1 aromatic rings. The smallest absolute Gasteiger partial charge is 0.0368 e. The predicted octanol–water partition coefficient (Wildman–Crippen LogP) is 3.28. The van der Waals surface area contributed by atoms with Gasteiger partial charge in [-0.1, -0.05) is 13.8 Å². The first-order valence-electron chi connectivity index (χ1n) is 7.89. The van der Waals surface area contributed by atoms with E-state index in [0.717, 1.165) is 19.6 Å². The van der Waals surface area contributed by atoms with Crippen molar-refractivity contribution in [2.75, 3.05) is 42.9 Å². The molecule has 0 atom stereocenters. The van der Waals surface area contributed by atoms with Gasteiger partial charge < -0.3 is 10.2 Å². The molecule has 0 unspecified atom stereocenters. The third kappa shape index (κ3) is 4.14. The number of anilines is 2. The molecule has 1 aromatic carbocycles. The van der Waals surface area contributed by atoms with Gasteiger partial charge >= 0.3 is 0 Å². The molecule has 0 bridgehead atoms. The minimum Gasteiger partial charge on any atom is -0.385 e. The van der Waals surface area contributed by atoms with Gasteiger partial charge in [0.25, 0.3) is 0 Å². The average Bonchev–Trinajstić information content (AvgIpc) is 2.46. The highest BCUT2D eigenvalue weighted by molar-refractivity contribution is 5.55. The van der Waals surface area contributed by atoms with Gasteiger partial charge in [0.2, 0.25) is 0 Å². The normalized spacial score (nSPS) is 17.0. The third-order valence-corrected chi connectivity index (χ3v) is 3.99. The Kier molecular flexibility index (Phi) is 5.30. The van der Waals surface area contributed by atoms with Crippen molar-refractivity contribution in [3.8, 4) is 0 Å². The first-order valence-corrected chi connectivity index (χ1v) is 7.89. The minimum atomic E-state index is 0.666. The van der Waals surface area contributed by atoms with Gasteiger partial charge in [-0.2, -0.15) is 0 Å². The second-order valence-corrected chi connectivity index (χ2v) is 6.44. The second kappa shape index (κ2) is 6.98. The van der Waals surface area contributed by atoms with Gasteiger partial charge in [-0.25, -0.2) is 0 Å². The van der Waals surface area contributed by atoms with E-state index in [1.165, 1.54) is 24.5 Å². The maximum absolute atomic E-state index is 3.47. The van der Waals surface area contributed by atoms with Crippen LogP contribution in [0.2, 0.25) is 0 Å². The van der Waals surface area contributed by atoms with Crippen molar-refractivity contribution >= 4 is 11.4 Å². The molecule has 1 N–H and O–H groups in total. The number of rotatable bonds is 5. The number of hydrogen-bond acceptors (Lipinski definition) is 3. The van der Waals surface area contributed by atoms with Gasteiger partial charge in [-0.3, -0.25) is 4.90 Å². The highest BCUT2D eigenvalue weighted by Gasteiger charge is 2.18. The zero-order chi connectivity index (χ0) is 14.5. The average molecular weight is 275 g/mol. The number of nitrogens with one attached hydrogen (secondary N) is 1. The van der Waals surface area contributed by atoms with E-state index in [-0.39, 0.29) is 0 Å². The minimum absolute atomic E-state index is 0.666. The van der Waals surface area contributed by atoms with E-state index in [1.807, 2.05) is 0 Å². The highest BCUT2D eigenvalue weighted by atomic mass is 15.3. The lowest BCUT2D eigenvalue weighted by Gasteiger charge is -2.38. The van der Waals surface area contributed by atoms with Crippen molar-refractivity contribution in [3.05, 3.63) is 24.3 Å². The van der Waals surface area contributed by atoms with Crippen LogP contribution in [0.25, 0.3) is 0 Å². The molecular formula is C17H29N3. The Bertz CT molecular complexity index is 389. The van der Waals surface area contributed by atoms with Crippen LogP contribution in [0.1, 0.15) is 27.7 Å². The molecule has 0 saturated carbocycles. The summed E-state index contributed by atoms with van der Waals surface area (Å²) in [4.78, 5) is 5.04. The SMILES string of the molecule is CC(C)CNc1ccc(N2CCN(C(C)C)CC2)cc1. The van der Waals surface area contributed by atoms with Crippen LogP contribution in [0, 0.1) is 5.92 Å². The quantitative estimate of drug-likeness (QED) is 0.889. The molecule has 0 spiro atoms. The maximum atomic E-state index is 3.47. The Morgan fingerprint density at radius 3 is 2.05 bits per heavy atom. The molecule has 1 aliphatic heterocycles. The topological polar surface area (TPSA) is 18.5 Å². The van der Waals surface area contributed by atoms with Crippen molar-refractivity contribution in [2.45, 2.75) is 33.7 Å². The zero-order valence-electron chi connectivity index (χ0n) is 13.4. The molecule has 20 heavy (non-hydrogen) atoms. The van der Waals surface area contributed by atoms with Crippen LogP contribution >= 0.6 is 0 Å². The molecule has 1 fully saturated rings. The van der Waals surface area contributed by atoms with Gasteiger partial charge in [0, 0.05) is 50.1 Å². The first kappa shape index (κ1) is 15.2. The Balaban J connectivity index is 1.87. The summed E-state index contributed by atoms with van der Waals surface area (Å²) in [5, 5.41) is 3.47. The van der Waals surface area contributed by atoms with Gasteiger partial charge in [-0.15, -0.1) is 0 Å². The maximum Gasteiger partial charge on any atom is 0.0368 e. The van der Waals surface area contributed by atoms with Crippen LogP contribution in [-0.2, 0) is 0 Å². The summed E-state index contributed by atoms with van der Waals surface area (Å²) < 4.78 is 0. The number of nitrogens with zero attached hydrogens (tertiary/aromatic N) is 2. The van der Waals surface area contributed by atoms with Crippen LogP contribution < -0.4 is 10.2 Å². The lowest BCUT2D eigenvalue weighted by atomic mass is 10.2. The van der Waals surface area contributed by atoms with Gasteiger partial charge in [0.1, 0.15) is 0 Å². The predicted molar refractivity (Wildman–Crippen MR) is 88.7 cm³/mol. The largest absolute Gasteiger partial charge is 0.385 e. The Morgan fingerprint density at radius 1 is 0.950 bits per heavy atom. The third-order valence-electron chi connectivity index (χ3n) is 3.99. The van der Waals surface area contributed by atoms with E-state index in [4.69, 9.17) is 0 Å². The van der Waals surface area contributed by atoms with Crippen molar-refractivity contribution in [1.29, 1.82) is 0 Å². The van der Waals surface area contributed by atoms with Crippen LogP contribution in [0.3, 0.4) is 0 Å². The number of benzene rings is 1. The van der Waals surface area contributed by atoms with Gasteiger partial charge in [0.05, 0.1) is 0 Å². The van der Waals surface area contributed by atoms with Crippen LogP contribution in [0.4, 0.5) is 11.4 Å². The molecule has 112 valence electrons. The van der Waals surface area contributed by atoms with E-state index in [9.17, 15) is 0 Å². The van der Waals surface area contributed by atoms with Gasteiger partial charge in [-0.05, 0) is 44.0 Å². The molecular weight excluding hydrogens is 246 g/mol. The van der Waals surface area contributed by atoms with E-state index in [0.29, 0.717) is 12.0 Å². The Morgan fingerprint density at radius 2 is 1.55 bits per heavy atom. The van der Waals surface area contributed by atoms with Gasteiger partial charge in [0.15, 0.2) is 0 Å². The summed E-state index contributed by atoms with van der Waals surface area (Å²) in [7, 11) is 0. The zero-order valence-corrected chi connectivity index (χ0v) is 13.4. The molecule has 1 aliphatic rings. The summed E-state index contributed by atoms with van der Waals surface area (Å²) in [5.74, 6) is 0.679. The van der Waals surface area contributed by atoms with Crippen molar-refractivity contribution < 1.29 is 0 Å². The fraction of sp³-hybridized carbons (Fsp3) is 0.647. The van der Waals surface area contributed by atoms with Crippen molar-refractivity contribution in [1.82, 2.24) is 4.90 Å². The first-order chi connectivity index (χ1) is 9.56. The lowest BCUT2D eigenvalue weighted by molar-refractivity contribution is 0.209. The fourth-order valence-electron chi connectivity index (χ4n) is 2.61. The molecule has 3 nitrogen and oxygen atoms in total. The molecule has 0 aromatic heterocycles. The summed E-state index contributed by atoms with van der Waals surface area (Å²) in [6, 6.07) is 9.56. The second-order valence-electron chi connectivity index (χ2n) is 6.44. The molecule has 0 amide bonds. The summed E-state index contributed by atoms with van der Waals surface area (Å²) >= 11 is 0. The highest BCUT2D eigenvalue weighted by Crippen LogP contribution is 2.20. The Hall–Kier alpha value is -1.22. The standard InChI is InChI=1S/C17H29N3/c1-14(2)13-18-16-5-7-17(8-6-16)20-11-9-19(10-12-20)15(3)4/h5-8,14-15,18H,9-13H2,1-4H3. The molecule has 3 heteroatoms. The molecule has 0 aliphatic carbocycles. The summed E-state index contributed by atoms with van der Waals surface area (Å²) in [6.45, 7) is 14.7. The Labute approximate surface area is 124 Å². The molecule has 1 heterocycles.